The van der Waals surface area contributed by atoms with Crippen LogP contribution in [-0.4, -0.2) is 44.3 Å². The van der Waals surface area contributed by atoms with Crippen molar-refractivity contribution >= 4 is 62.3 Å². The molecular formula is C27H25Cl3F3N3O4S. The van der Waals surface area contributed by atoms with Crippen molar-refractivity contribution in [3.05, 3.63) is 92.9 Å². The van der Waals surface area contributed by atoms with E-state index in [0.717, 1.165) is 11.0 Å². The molecule has 0 unspecified atom stereocenters. The molecule has 0 aliphatic rings. The number of carbonyl (C=O) groups is 2. The number of anilines is 1. The van der Waals surface area contributed by atoms with E-state index in [4.69, 9.17) is 34.8 Å². The summed E-state index contributed by atoms with van der Waals surface area (Å²) in [6.45, 7) is 2.15. The Morgan fingerprint density at radius 1 is 0.951 bits per heavy atom. The van der Waals surface area contributed by atoms with E-state index in [9.17, 15) is 31.2 Å². The van der Waals surface area contributed by atoms with E-state index in [1.165, 1.54) is 49.4 Å². The average Bonchev–Trinajstić information content (AvgIpc) is 2.91. The molecule has 1 atom stereocenters. The summed E-state index contributed by atoms with van der Waals surface area (Å²) in [7, 11) is -4.62. The predicted octanol–water partition coefficient (Wildman–Crippen LogP) is 6.41. The Labute approximate surface area is 250 Å². The molecule has 41 heavy (non-hydrogen) atoms. The molecule has 0 aliphatic heterocycles. The normalized spacial score (nSPS) is 12.5. The van der Waals surface area contributed by atoms with Crippen molar-refractivity contribution in [2.75, 3.05) is 17.4 Å². The molecule has 0 saturated heterocycles. The number of nitrogens with one attached hydrogen (secondary N) is 1. The first-order chi connectivity index (χ1) is 19.2. The van der Waals surface area contributed by atoms with Crippen molar-refractivity contribution in [3.8, 4) is 0 Å². The highest BCUT2D eigenvalue weighted by Crippen LogP contribution is 2.37. The van der Waals surface area contributed by atoms with Crippen LogP contribution >= 0.6 is 34.8 Å². The van der Waals surface area contributed by atoms with Crippen LogP contribution in [-0.2, 0) is 32.3 Å². The molecule has 220 valence electrons. The Kier molecular flexibility index (Phi) is 10.6. The maximum Gasteiger partial charge on any atom is 0.416 e. The highest BCUT2D eigenvalue weighted by molar-refractivity contribution is 7.92. The number of hydrogen-bond acceptors (Lipinski definition) is 4. The van der Waals surface area contributed by atoms with Crippen LogP contribution in [0, 0.1) is 0 Å². The minimum absolute atomic E-state index is 0.188. The summed E-state index contributed by atoms with van der Waals surface area (Å²) in [6.07, 6.45) is -4.82. The Hall–Kier alpha value is -2.99. The molecule has 3 rings (SSSR count). The summed E-state index contributed by atoms with van der Waals surface area (Å²) in [6, 6.07) is 12.4. The van der Waals surface area contributed by atoms with Crippen LogP contribution in [0.4, 0.5) is 18.9 Å². The van der Waals surface area contributed by atoms with Gasteiger partial charge >= 0.3 is 6.18 Å². The van der Waals surface area contributed by atoms with Gasteiger partial charge in [-0.1, -0.05) is 59.1 Å². The number of benzene rings is 3. The lowest BCUT2D eigenvalue weighted by Gasteiger charge is -2.32. The molecule has 7 nitrogen and oxygen atoms in total. The molecule has 0 radical (unpaired) electrons. The number of likely N-dealkylation sites (N-methyl/N-ethyl adjacent to an activating group) is 1. The molecule has 0 saturated carbocycles. The minimum Gasteiger partial charge on any atom is -0.355 e. The van der Waals surface area contributed by atoms with Crippen molar-refractivity contribution in [3.63, 3.8) is 0 Å². The number of sulfonamides is 1. The lowest BCUT2D eigenvalue weighted by Crippen LogP contribution is -2.51. The summed E-state index contributed by atoms with van der Waals surface area (Å²) < 4.78 is 68.8. The summed E-state index contributed by atoms with van der Waals surface area (Å²) in [4.78, 5) is 27.4. The summed E-state index contributed by atoms with van der Waals surface area (Å²) in [5, 5.41) is 2.78. The smallest absolute Gasteiger partial charge is 0.355 e. The number of amides is 2. The van der Waals surface area contributed by atoms with Crippen molar-refractivity contribution in [2.24, 2.45) is 0 Å². The fourth-order valence-electron chi connectivity index (χ4n) is 3.85. The maximum absolute atomic E-state index is 13.8. The zero-order valence-corrected chi connectivity index (χ0v) is 24.8. The summed E-state index contributed by atoms with van der Waals surface area (Å²) in [5.74, 6) is -1.44. The molecule has 1 N–H and O–H groups in total. The average molecular weight is 651 g/mol. The van der Waals surface area contributed by atoms with Crippen LogP contribution < -0.4 is 9.62 Å². The number of nitrogens with zero attached hydrogens (tertiary/aromatic N) is 2. The first kappa shape index (κ1) is 32.5. The zero-order chi connectivity index (χ0) is 30.5. The Bertz CT molecular complexity index is 1520. The topological polar surface area (TPSA) is 86.8 Å². The van der Waals surface area contributed by atoms with Gasteiger partial charge in [0.1, 0.15) is 12.6 Å². The van der Waals surface area contributed by atoms with Gasteiger partial charge in [-0.15, -0.1) is 0 Å². The predicted molar refractivity (Wildman–Crippen MR) is 153 cm³/mol. The van der Waals surface area contributed by atoms with Gasteiger partial charge < -0.3 is 10.2 Å². The number of carbonyl (C=O) groups excluding carboxylic acids is 2. The number of hydrogen-bond donors (Lipinski definition) is 1. The van der Waals surface area contributed by atoms with Crippen molar-refractivity contribution < 1.29 is 31.2 Å². The van der Waals surface area contributed by atoms with Gasteiger partial charge in [0.05, 0.1) is 21.2 Å². The third-order valence-electron chi connectivity index (χ3n) is 6.03. The van der Waals surface area contributed by atoms with E-state index in [2.05, 4.69) is 5.32 Å². The second-order valence-corrected chi connectivity index (χ2v) is 11.9. The lowest BCUT2D eigenvalue weighted by atomic mass is 10.1. The molecular weight excluding hydrogens is 626 g/mol. The van der Waals surface area contributed by atoms with Gasteiger partial charge in [0.15, 0.2) is 0 Å². The van der Waals surface area contributed by atoms with Gasteiger partial charge in [0, 0.05) is 23.1 Å². The maximum atomic E-state index is 13.8. The largest absolute Gasteiger partial charge is 0.416 e. The summed E-state index contributed by atoms with van der Waals surface area (Å²) in [5.41, 5.74) is -1.33. The Morgan fingerprint density at radius 2 is 1.61 bits per heavy atom. The van der Waals surface area contributed by atoms with Gasteiger partial charge in [-0.25, -0.2) is 8.42 Å². The van der Waals surface area contributed by atoms with Crippen LogP contribution in [0.3, 0.4) is 0 Å². The van der Waals surface area contributed by atoms with Crippen molar-refractivity contribution in [1.29, 1.82) is 0 Å². The third kappa shape index (κ3) is 7.85. The van der Waals surface area contributed by atoms with E-state index in [-0.39, 0.29) is 28.0 Å². The highest BCUT2D eigenvalue weighted by atomic mass is 35.5. The zero-order valence-electron chi connectivity index (χ0n) is 21.8. The van der Waals surface area contributed by atoms with E-state index < -0.39 is 51.9 Å². The van der Waals surface area contributed by atoms with Crippen molar-refractivity contribution in [1.82, 2.24) is 10.2 Å². The van der Waals surface area contributed by atoms with Gasteiger partial charge in [-0.3, -0.25) is 13.9 Å². The first-order valence-corrected chi connectivity index (χ1v) is 14.7. The van der Waals surface area contributed by atoms with Gasteiger partial charge in [-0.05, 0) is 61.9 Å². The van der Waals surface area contributed by atoms with Crippen LogP contribution in [0.1, 0.15) is 25.0 Å². The summed E-state index contributed by atoms with van der Waals surface area (Å²) >= 11 is 18.5. The molecule has 2 amide bonds. The standard InChI is InChI=1S/C27H25Cl3F3N3O4S/c1-3-34-26(38)17(2)35(15-18-9-11-20(28)14-23(18)30)25(37)16-36(41(39,40)21-7-5-4-6-8-21)24-13-19(27(31,32)33)10-12-22(24)29/h4-14,17H,3,15-16H2,1-2H3,(H,34,38)/t17-/m1/s1. The second-order valence-electron chi connectivity index (χ2n) is 8.82. The Morgan fingerprint density at radius 3 is 2.20 bits per heavy atom. The van der Waals surface area contributed by atoms with E-state index in [0.29, 0.717) is 27.0 Å². The van der Waals surface area contributed by atoms with Crippen LogP contribution in [0.5, 0.6) is 0 Å². The molecule has 3 aromatic rings. The first-order valence-electron chi connectivity index (χ1n) is 12.1. The van der Waals surface area contributed by atoms with Gasteiger partial charge in [0.25, 0.3) is 10.0 Å². The minimum atomic E-state index is -4.82. The molecule has 14 heteroatoms. The molecule has 0 spiro atoms. The van der Waals surface area contributed by atoms with Crippen LogP contribution in [0.2, 0.25) is 15.1 Å². The molecule has 3 aromatic carbocycles. The van der Waals surface area contributed by atoms with E-state index in [1.54, 1.807) is 13.0 Å². The van der Waals surface area contributed by atoms with E-state index >= 15 is 0 Å². The van der Waals surface area contributed by atoms with Crippen LogP contribution in [0.15, 0.2) is 71.6 Å². The number of alkyl halides is 3. The molecule has 0 bridgehead atoms. The highest BCUT2D eigenvalue weighted by Gasteiger charge is 2.36. The van der Waals surface area contributed by atoms with E-state index in [1.807, 2.05) is 0 Å². The fraction of sp³-hybridized carbons (Fsp3) is 0.259. The van der Waals surface area contributed by atoms with Gasteiger partial charge in [-0.2, -0.15) is 13.2 Å². The van der Waals surface area contributed by atoms with Crippen molar-refractivity contribution in [2.45, 2.75) is 37.5 Å². The fourth-order valence-corrected chi connectivity index (χ4v) is 6.04. The molecule has 0 fully saturated rings. The third-order valence-corrected chi connectivity index (χ3v) is 8.71. The SMILES string of the molecule is CCNC(=O)[C@@H](C)N(Cc1ccc(Cl)cc1Cl)C(=O)CN(c1cc(C(F)(F)F)ccc1Cl)S(=O)(=O)c1ccccc1. The monoisotopic (exact) mass is 649 g/mol. The molecule has 0 aliphatic carbocycles. The quantitative estimate of drug-likeness (QED) is 0.275. The van der Waals surface area contributed by atoms with Crippen LogP contribution in [0.25, 0.3) is 0 Å². The Balaban J connectivity index is 2.14. The lowest BCUT2D eigenvalue weighted by molar-refractivity contribution is -0.139. The number of halogens is 6. The second kappa shape index (κ2) is 13.3. The molecule has 0 heterocycles. The number of rotatable bonds is 10. The molecule has 0 aromatic heterocycles. The van der Waals surface area contributed by atoms with Gasteiger partial charge in [0.2, 0.25) is 11.8 Å².